The molecule has 0 N–H and O–H groups in total. The lowest BCUT2D eigenvalue weighted by Gasteiger charge is -2.33. The topological polar surface area (TPSA) is 55.2 Å². The summed E-state index contributed by atoms with van der Waals surface area (Å²) in [6.45, 7) is 6.95. The van der Waals surface area contributed by atoms with Crippen molar-refractivity contribution in [3.05, 3.63) is 106 Å². The van der Waals surface area contributed by atoms with Gasteiger partial charge in [0.05, 0.1) is 22.6 Å². The molecular weight excluding hydrogens is 482 g/mol. The van der Waals surface area contributed by atoms with Crippen molar-refractivity contribution in [2.75, 3.05) is 6.54 Å². The number of aryl methyl sites for hydroxylation is 1. The van der Waals surface area contributed by atoms with Crippen molar-refractivity contribution < 1.29 is 4.79 Å². The number of carbonyl (C=O) groups is 1. The average molecular weight is 524 g/mol. The second-order valence-corrected chi connectivity index (χ2v) is 10.2. The summed E-state index contributed by atoms with van der Waals surface area (Å²) in [7, 11) is 0. The van der Waals surface area contributed by atoms with Crippen LogP contribution in [0.4, 0.5) is 0 Å². The van der Waals surface area contributed by atoms with E-state index in [-0.39, 0.29) is 17.5 Å². The summed E-state index contributed by atoms with van der Waals surface area (Å²) >= 11 is 0. The Morgan fingerprint density at radius 2 is 1.56 bits per heavy atom. The number of aromatic nitrogens is 2. The van der Waals surface area contributed by atoms with Crippen molar-refractivity contribution in [3.63, 3.8) is 0 Å². The Bertz CT molecular complexity index is 1410. The Labute approximate surface area is 232 Å². The summed E-state index contributed by atoms with van der Waals surface area (Å²) in [5, 5.41) is 0.581. The fourth-order valence-corrected chi connectivity index (χ4v) is 5.24. The van der Waals surface area contributed by atoms with Crippen LogP contribution in [0.25, 0.3) is 16.6 Å². The van der Waals surface area contributed by atoms with Gasteiger partial charge in [0.15, 0.2) is 0 Å². The van der Waals surface area contributed by atoms with Gasteiger partial charge in [-0.1, -0.05) is 94.6 Å². The van der Waals surface area contributed by atoms with Gasteiger partial charge in [0.25, 0.3) is 5.56 Å². The Balaban J connectivity index is 1.80. The third kappa shape index (κ3) is 6.83. The molecule has 0 fully saturated rings. The predicted octanol–water partition coefficient (Wildman–Crippen LogP) is 7.44. The summed E-state index contributed by atoms with van der Waals surface area (Å²) in [6.07, 6.45) is 7.04. The first-order chi connectivity index (χ1) is 19.1. The van der Waals surface area contributed by atoms with Crippen LogP contribution in [0.2, 0.25) is 0 Å². The van der Waals surface area contributed by atoms with E-state index in [1.165, 1.54) is 11.1 Å². The summed E-state index contributed by atoms with van der Waals surface area (Å²) in [5.74, 6) is 0.754. The van der Waals surface area contributed by atoms with Gasteiger partial charge in [-0.15, -0.1) is 0 Å². The zero-order valence-corrected chi connectivity index (χ0v) is 23.6. The molecule has 5 heteroatoms. The number of unbranched alkanes of at least 4 members (excludes halogenated alkanes) is 3. The molecule has 0 aliphatic heterocycles. The van der Waals surface area contributed by atoms with Crippen LogP contribution in [0.3, 0.4) is 0 Å². The first-order valence-corrected chi connectivity index (χ1v) is 14.5. The number of benzene rings is 3. The normalized spacial score (nSPS) is 12.0. The summed E-state index contributed by atoms with van der Waals surface area (Å²) in [4.78, 5) is 34.8. The van der Waals surface area contributed by atoms with Gasteiger partial charge in [-0.25, -0.2) is 4.98 Å². The van der Waals surface area contributed by atoms with E-state index < -0.39 is 0 Å². The summed E-state index contributed by atoms with van der Waals surface area (Å²) < 4.78 is 1.73. The highest BCUT2D eigenvalue weighted by atomic mass is 16.2. The Kier molecular flexibility index (Phi) is 10.1. The minimum atomic E-state index is -0.324. The van der Waals surface area contributed by atoms with Crippen molar-refractivity contribution in [1.29, 1.82) is 0 Å². The van der Waals surface area contributed by atoms with E-state index in [9.17, 15) is 9.59 Å². The van der Waals surface area contributed by atoms with Gasteiger partial charge in [-0.2, -0.15) is 0 Å². The SMILES string of the molecule is CCCCCCC(=O)N(CCc1ccccc1)C(CC)c1nc2ccccc2c(=O)n1-c1ccc(CC)cc1. The Morgan fingerprint density at radius 3 is 2.26 bits per heavy atom. The first kappa shape index (κ1) is 28.3. The molecule has 3 aromatic carbocycles. The molecule has 1 amide bonds. The van der Waals surface area contributed by atoms with E-state index in [1.54, 1.807) is 4.57 Å². The molecule has 204 valence electrons. The van der Waals surface area contributed by atoms with Crippen LogP contribution >= 0.6 is 0 Å². The van der Waals surface area contributed by atoms with Crippen molar-refractivity contribution in [2.24, 2.45) is 0 Å². The smallest absolute Gasteiger partial charge is 0.266 e. The molecule has 0 saturated carbocycles. The fourth-order valence-electron chi connectivity index (χ4n) is 5.24. The maximum Gasteiger partial charge on any atom is 0.266 e. The minimum Gasteiger partial charge on any atom is -0.332 e. The lowest BCUT2D eigenvalue weighted by Crippen LogP contribution is -2.39. The molecule has 1 aromatic heterocycles. The van der Waals surface area contributed by atoms with Crippen molar-refractivity contribution in [3.8, 4) is 5.69 Å². The number of para-hydroxylation sites is 1. The third-order valence-electron chi connectivity index (χ3n) is 7.51. The highest BCUT2D eigenvalue weighted by molar-refractivity contribution is 5.79. The molecule has 5 nitrogen and oxygen atoms in total. The van der Waals surface area contributed by atoms with Crippen LogP contribution in [-0.4, -0.2) is 26.9 Å². The molecule has 0 saturated heterocycles. The van der Waals surface area contributed by atoms with Gasteiger partial charge in [-0.3, -0.25) is 14.2 Å². The first-order valence-electron chi connectivity index (χ1n) is 14.5. The molecule has 1 heterocycles. The van der Waals surface area contributed by atoms with E-state index in [1.807, 2.05) is 59.5 Å². The van der Waals surface area contributed by atoms with Gasteiger partial charge in [0.1, 0.15) is 5.82 Å². The molecule has 4 rings (SSSR count). The lowest BCUT2D eigenvalue weighted by molar-refractivity contribution is -0.134. The van der Waals surface area contributed by atoms with Crippen molar-refractivity contribution in [1.82, 2.24) is 14.5 Å². The zero-order valence-electron chi connectivity index (χ0n) is 23.6. The fraction of sp³-hybridized carbons (Fsp3) is 0.382. The zero-order chi connectivity index (χ0) is 27.6. The molecule has 1 atom stereocenters. The summed E-state index contributed by atoms with van der Waals surface area (Å²) in [6, 6.07) is 25.6. The Hall–Kier alpha value is -3.73. The second-order valence-electron chi connectivity index (χ2n) is 10.2. The van der Waals surface area contributed by atoms with E-state index in [2.05, 4.69) is 45.0 Å². The van der Waals surface area contributed by atoms with Gasteiger partial charge in [0.2, 0.25) is 5.91 Å². The highest BCUT2D eigenvalue weighted by Gasteiger charge is 2.28. The van der Waals surface area contributed by atoms with Gasteiger partial charge < -0.3 is 4.90 Å². The molecule has 0 aliphatic rings. The van der Waals surface area contributed by atoms with Crippen LogP contribution in [0.5, 0.6) is 0 Å². The van der Waals surface area contributed by atoms with E-state index in [0.717, 1.165) is 44.2 Å². The van der Waals surface area contributed by atoms with Gasteiger partial charge in [0, 0.05) is 13.0 Å². The number of nitrogens with zero attached hydrogens (tertiary/aromatic N) is 3. The largest absolute Gasteiger partial charge is 0.332 e. The molecule has 0 bridgehead atoms. The predicted molar refractivity (Wildman–Crippen MR) is 160 cm³/mol. The van der Waals surface area contributed by atoms with Crippen molar-refractivity contribution >= 4 is 16.8 Å². The molecule has 39 heavy (non-hydrogen) atoms. The van der Waals surface area contributed by atoms with E-state index >= 15 is 0 Å². The number of amides is 1. The lowest BCUT2D eigenvalue weighted by atomic mass is 10.1. The van der Waals surface area contributed by atoms with Crippen LogP contribution in [0.1, 0.15) is 82.3 Å². The Morgan fingerprint density at radius 1 is 0.846 bits per heavy atom. The maximum absolute atomic E-state index is 14.0. The number of rotatable bonds is 13. The highest BCUT2D eigenvalue weighted by Crippen LogP contribution is 2.28. The molecule has 0 aliphatic carbocycles. The minimum absolute atomic E-state index is 0.100. The van der Waals surface area contributed by atoms with Gasteiger partial charge in [-0.05, 0) is 61.1 Å². The average Bonchev–Trinajstić information content (AvgIpc) is 2.98. The van der Waals surface area contributed by atoms with E-state index in [4.69, 9.17) is 4.98 Å². The monoisotopic (exact) mass is 523 g/mol. The number of hydrogen-bond acceptors (Lipinski definition) is 3. The van der Waals surface area contributed by atoms with Crippen LogP contribution in [0.15, 0.2) is 83.7 Å². The molecule has 4 aromatic rings. The van der Waals surface area contributed by atoms with Crippen molar-refractivity contribution in [2.45, 2.75) is 78.2 Å². The quantitative estimate of drug-likeness (QED) is 0.171. The maximum atomic E-state index is 14.0. The van der Waals surface area contributed by atoms with Gasteiger partial charge >= 0.3 is 0 Å². The third-order valence-corrected chi connectivity index (χ3v) is 7.51. The van der Waals surface area contributed by atoms with E-state index in [0.29, 0.717) is 36.1 Å². The van der Waals surface area contributed by atoms with Crippen LogP contribution in [-0.2, 0) is 17.6 Å². The molecular formula is C34H41N3O2. The summed E-state index contributed by atoms with van der Waals surface area (Å²) in [5.41, 5.74) is 3.74. The number of hydrogen-bond donors (Lipinski definition) is 0. The second kappa shape index (κ2) is 13.9. The molecule has 0 radical (unpaired) electrons. The number of fused-ring (bicyclic) bond motifs is 1. The standard InChI is InChI=1S/C34H41N3O2/c1-4-7-8-12-19-32(38)36(25-24-27-15-10-9-11-16-27)31(6-3)33-35-30-18-14-13-17-29(30)34(39)37(33)28-22-20-26(5-2)21-23-28/h9-11,13-18,20-23,31H,4-8,12,19,24-25H2,1-3H3. The molecule has 1 unspecified atom stereocenters. The van der Waals surface area contributed by atoms with Crippen LogP contribution < -0.4 is 5.56 Å². The number of carbonyl (C=O) groups excluding carboxylic acids is 1. The molecule has 0 spiro atoms. The van der Waals surface area contributed by atoms with Crippen LogP contribution in [0, 0.1) is 0 Å².